The second-order valence-electron chi connectivity index (χ2n) is 8.41. The van der Waals surface area contributed by atoms with Crippen LogP contribution in [-0.2, 0) is 36.8 Å². The molecule has 0 saturated carbocycles. The second-order valence-corrected chi connectivity index (χ2v) is 11.4. The van der Waals surface area contributed by atoms with E-state index in [2.05, 4.69) is 9.63 Å². The van der Waals surface area contributed by atoms with E-state index in [0.717, 1.165) is 19.2 Å². The van der Waals surface area contributed by atoms with Gasteiger partial charge in [0.2, 0.25) is 5.91 Å². The number of carbonyl (C=O) groups is 1. The Hall–Kier alpha value is -1.87. The number of phosphoric acid groups is 2. The molecule has 1 aromatic rings. The monoisotopic (exact) mass is 607 g/mol. The Morgan fingerprint density at radius 3 is 2.33 bits per heavy atom. The zero-order valence-electron chi connectivity index (χ0n) is 19.8. The van der Waals surface area contributed by atoms with Gasteiger partial charge in [0.15, 0.2) is 12.5 Å². The lowest BCUT2D eigenvalue weighted by molar-refractivity contribution is -0.251. The first-order chi connectivity index (χ1) is 18.0. The van der Waals surface area contributed by atoms with Crippen LogP contribution in [-0.4, -0.2) is 113 Å². The van der Waals surface area contributed by atoms with E-state index >= 15 is 0 Å². The van der Waals surface area contributed by atoms with Crippen molar-refractivity contribution >= 4 is 21.6 Å². The highest BCUT2D eigenvalue weighted by Gasteiger charge is 2.52. The van der Waals surface area contributed by atoms with E-state index in [1.54, 1.807) is 0 Å². The summed E-state index contributed by atoms with van der Waals surface area (Å²) in [6.45, 7) is -0.994. The molecule has 9 N–H and O–H groups in total. The molecule has 10 atom stereocenters. The van der Waals surface area contributed by atoms with E-state index in [1.165, 1.54) is 0 Å². The second kappa shape index (κ2) is 12.3. The zero-order valence-corrected chi connectivity index (χ0v) is 21.6. The average molecular weight is 607 g/mol. The van der Waals surface area contributed by atoms with E-state index in [0.29, 0.717) is 4.57 Å². The van der Waals surface area contributed by atoms with Gasteiger partial charge >= 0.3 is 21.3 Å². The number of aromatic amines is 1. The molecule has 39 heavy (non-hydrogen) atoms. The summed E-state index contributed by atoms with van der Waals surface area (Å²) in [4.78, 5) is 55.3. The molecule has 0 bridgehead atoms. The summed E-state index contributed by atoms with van der Waals surface area (Å²) in [5, 5.41) is 52.9. The molecule has 0 aliphatic carbocycles. The van der Waals surface area contributed by atoms with Gasteiger partial charge in [-0.1, -0.05) is 0 Å². The molecule has 3 heterocycles. The van der Waals surface area contributed by atoms with Crippen LogP contribution < -0.4 is 16.6 Å². The predicted molar refractivity (Wildman–Crippen MR) is 120 cm³/mol. The lowest BCUT2D eigenvalue weighted by Gasteiger charge is -2.42. The van der Waals surface area contributed by atoms with Gasteiger partial charge in [0.1, 0.15) is 42.7 Å². The van der Waals surface area contributed by atoms with Crippen LogP contribution in [0, 0.1) is 0 Å². The third-order valence-corrected chi connectivity index (χ3v) is 8.18. The number of amides is 1. The maximum Gasteiger partial charge on any atom is 0.484 e. The number of hydrogen-bond donors (Lipinski definition) is 9. The summed E-state index contributed by atoms with van der Waals surface area (Å²) in [5.41, 5.74) is -1.79. The molecule has 0 spiro atoms. The van der Waals surface area contributed by atoms with Crippen molar-refractivity contribution in [2.75, 3.05) is 13.2 Å². The summed E-state index contributed by atoms with van der Waals surface area (Å²) >= 11 is 0. The molecule has 22 heteroatoms. The number of ether oxygens (including phenoxy) is 2. The lowest BCUT2D eigenvalue weighted by Crippen LogP contribution is -2.64. The Balaban J connectivity index is 1.84. The highest BCUT2D eigenvalue weighted by molar-refractivity contribution is 7.61. The summed E-state index contributed by atoms with van der Waals surface area (Å²) < 4.78 is 50.0. The standard InChI is InChI=1S/C17H27N3O17P2/c1-6(22)18-10-14(12(25)7(4-21)35-16(10)27)36-39(32,37-38(29,30)31)33-5-8-11(24)13(26)15(34-8)20-3-2-9(23)19-17(20)28/h2-3,7-8,10-16,21,24-27H,4-5H2,1H3,(H,18,22)(H,19,23,28)(H2,29,30,31)/t7-,8-,10-,11-,12-,13-,14-,15-,16+,39?/m1/s1. The predicted octanol–water partition coefficient (Wildman–Crippen LogP) is -4.65. The number of nitrogens with one attached hydrogen (secondary N) is 2. The van der Waals surface area contributed by atoms with E-state index in [4.69, 9.17) is 18.5 Å². The number of hydrogen-bond acceptors (Lipinski definition) is 15. The fraction of sp³-hybridized carbons (Fsp3) is 0.706. The molecule has 222 valence electrons. The van der Waals surface area contributed by atoms with E-state index in [-0.39, 0.29) is 0 Å². The Labute approximate surface area is 217 Å². The first-order valence-corrected chi connectivity index (χ1v) is 14.0. The van der Waals surface area contributed by atoms with Crippen LogP contribution in [0.2, 0.25) is 0 Å². The van der Waals surface area contributed by atoms with Crippen LogP contribution in [0.4, 0.5) is 0 Å². The first kappa shape index (κ1) is 31.7. The molecule has 2 saturated heterocycles. The molecule has 1 unspecified atom stereocenters. The number of aromatic nitrogens is 2. The van der Waals surface area contributed by atoms with Gasteiger partial charge in [0.05, 0.1) is 13.2 Å². The van der Waals surface area contributed by atoms with Crippen molar-refractivity contribution in [2.45, 2.75) is 62.1 Å². The highest BCUT2D eigenvalue weighted by atomic mass is 31.3. The van der Waals surface area contributed by atoms with Gasteiger partial charge in [-0.05, 0) is 0 Å². The fourth-order valence-electron chi connectivity index (χ4n) is 3.84. The highest BCUT2D eigenvalue weighted by Crippen LogP contribution is 2.62. The van der Waals surface area contributed by atoms with Crippen molar-refractivity contribution < 1.29 is 72.1 Å². The van der Waals surface area contributed by atoms with Crippen LogP contribution in [0.5, 0.6) is 0 Å². The lowest BCUT2D eigenvalue weighted by atomic mass is 9.97. The van der Waals surface area contributed by atoms with Gasteiger partial charge in [-0.3, -0.25) is 28.2 Å². The van der Waals surface area contributed by atoms with Crippen LogP contribution in [0.3, 0.4) is 0 Å². The zero-order chi connectivity index (χ0) is 29.3. The fourth-order valence-corrected chi connectivity index (χ4v) is 6.17. The third kappa shape index (κ3) is 7.66. The summed E-state index contributed by atoms with van der Waals surface area (Å²) in [7, 11) is -11.2. The van der Waals surface area contributed by atoms with Gasteiger partial charge in [0.25, 0.3) is 5.56 Å². The smallest absolute Gasteiger partial charge is 0.394 e. The topological polar surface area (TPSA) is 306 Å². The number of nitrogens with zero attached hydrogens (tertiary/aromatic N) is 1. The number of aliphatic hydroxyl groups excluding tert-OH is 5. The summed E-state index contributed by atoms with van der Waals surface area (Å²) in [6.07, 6.45) is -13.5. The Morgan fingerprint density at radius 2 is 1.77 bits per heavy atom. The molecule has 2 aliphatic rings. The number of aliphatic hydroxyl groups is 5. The summed E-state index contributed by atoms with van der Waals surface area (Å²) in [5.74, 6) is -0.808. The molecule has 1 amide bonds. The molecule has 2 fully saturated rings. The molecular weight excluding hydrogens is 580 g/mol. The minimum absolute atomic E-state index is 0.713. The molecule has 0 radical (unpaired) electrons. The van der Waals surface area contributed by atoms with Crippen molar-refractivity contribution in [3.05, 3.63) is 33.1 Å². The van der Waals surface area contributed by atoms with Crippen LogP contribution >= 0.6 is 15.6 Å². The average Bonchev–Trinajstić information content (AvgIpc) is 3.09. The number of carbonyl (C=O) groups excluding carboxylic acids is 1. The van der Waals surface area contributed by atoms with Crippen molar-refractivity contribution in [3.63, 3.8) is 0 Å². The van der Waals surface area contributed by atoms with Crippen LogP contribution in [0.15, 0.2) is 21.9 Å². The third-order valence-electron chi connectivity index (χ3n) is 5.56. The van der Waals surface area contributed by atoms with E-state index in [9.17, 15) is 58.8 Å². The Kier molecular flexibility index (Phi) is 10.0. The van der Waals surface area contributed by atoms with Gasteiger partial charge in [-0.15, -0.1) is 0 Å². The van der Waals surface area contributed by atoms with E-state index in [1.807, 2.05) is 4.98 Å². The Bertz CT molecular complexity index is 1230. The van der Waals surface area contributed by atoms with E-state index < -0.39 is 101 Å². The molecule has 2 aliphatic heterocycles. The SMILES string of the molecule is CC(=O)N[C@@H]1[C@@H](OP(=O)(OC[C@H]2O[C@@H](n3ccc(=O)[nH]c3=O)[C@H](O)[C@@H]2O)OP(=O)(O)O)[C@H](O)[C@@H](CO)O[C@@H]1O. The maximum absolute atomic E-state index is 13.3. The van der Waals surface area contributed by atoms with Gasteiger partial charge in [-0.25, -0.2) is 13.9 Å². The van der Waals surface area contributed by atoms with Crippen LogP contribution in [0.25, 0.3) is 0 Å². The van der Waals surface area contributed by atoms with Crippen molar-refractivity contribution in [1.82, 2.24) is 14.9 Å². The summed E-state index contributed by atoms with van der Waals surface area (Å²) in [6, 6.07) is -0.799. The number of phosphoric ester groups is 1. The van der Waals surface area contributed by atoms with Gasteiger partial charge in [-0.2, -0.15) is 4.31 Å². The molecule has 20 nitrogen and oxygen atoms in total. The number of rotatable bonds is 10. The normalized spacial score (nSPS) is 34.9. The minimum atomic E-state index is -5.68. The first-order valence-electron chi connectivity index (χ1n) is 11.0. The quantitative estimate of drug-likeness (QED) is 0.113. The van der Waals surface area contributed by atoms with Crippen molar-refractivity contribution in [2.24, 2.45) is 0 Å². The number of H-pyrrole nitrogens is 1. The van der Waals surface area contributed by atoms with Gasteiger partial charge in [0, 0.05) is 19.2 Å². The molecule has 0 aromatic carbocycles. The van der Waals surface area contributed by atoms with Gasteiger partial charge < -0.3 is 50.1 Å². The minimum Gasteiger partial charge on any atom is -0.394 e. The van der Waals surface area contributed by atoms with Crippen molar-refractivity contribution in [1.29, 1.82) is 0 Å². The largest absolute Gasteiger partial charge is 0.484 e. The molecule has 1 aromatic heterocycles. The molecule has 3 rings (SSSR count). The Morgan fingerprint density at radius 1 is 1.10 bits per heavy atom. The van der Waals surface area contributed by atoms with Crippen molar-refractivity contribution in [3.8, 4) is 0 Å². The maximum atomic E-state index is 13.3. The molecular formula is C17H27N3O17P2. The van der Waals surface area contributed by atoms with Crippen LogP contribution in [0.1, 0.15) is 13.2 Å².